The first kappa shape index (κ1) is 29.7. The van der Waals surface area contributed by atoms with Crippen LogP contribution in [0.2, 0.25) is 0 Å². The smallest absolute Gasteiger partial charge is 0.255 e. The Morgan fingerprint density at radius 2 is 1.07 bits per heavy atom. The van der Waals surface area contributed by atoms with E-state index in [0.717, 1.165) is 11.1 Å². The van der Waals surface area contributed by atoms with Crippen molar-refractivity contribution in [2.75, 3.05) is 38.1 Å². The Kier molecular flexibility index (Phi) is 9.84. The molecule has 0 atom stereocenters. The molecule has 4 aromatic rings. The van der Waals surface area contributed by atoms with Crippen molar-refractivity contribution < 1.29 is 28.5 Å². The fourth-order valence-electron chi connectivity index (χ4n) is 4.05. The van der Waals surface area contributed by atoms with Gasteiger partial charge in [-0.15, -0.1) is 0 Å². The quantitative estimate of drug-likeness (QED) is 0.182. The topological polar surface area (TPSA) is 95.1 Å². The van der Waals surface area contributed by atoms with Gasteiger partial charge in [0.25, 0.3) is 11.8 Å². The third-order valence-corrected chi connectivity index (χ3v) is 6.29. The van der Waals surface area contributed by atoms with Crippen LogP contribution in [0.3, 0.4) is 0 Å². The van der Waals surface area contributed by atoms with E-state index in [0.29, 0.717) is 51.1 Å². The normalized spacial score (nSPS) is 10.4. The van der Waals surface area contributed by atoms with E-state index in [1.807, 2.05) is 38.1 Å². The van der Waals surface area contributed by atoms with Gasteiger partial charge in [0.1, 0.15) is 36.2 Å². The molecule has 0 unspecified atom stereocenters. The lowest BCUT2D eigenvalue weighted by atomic mass is 10.1. The van der Waals surface area contributed by atoms with Crippen LogP contribution < -0.4 is 29.6 Å². The summed E-state index contributed by atoms with van der Waals surface area (Å²) in [7, 11) is 3.11. The predicted octanol–water partition coefficient (Wildman–Crippen LogP) is 6.84. The molecule has 0 aliphatic carbocycles. The van der Waals surface area contributed by atoms with E-state index < -0.39 is 0 Å². The third-order valence-electron chi connectivity index (χ3n) is 6.29. The van der Waals surface area contributed by atoms with Gasteiger partial charge in [0, 0.05) is 11.1 Å². The van der Waals surface area contributed by atoms with Crippen LogP contribution in [0.4, 0.5) is 11.4 Å². The zero-order valence-corrected chi connectivity index (χ0v) is 24.2. The van der Waals surface area contributed by atoms with Crippen LogP contribution in [0.1, 0.15) is 31.8 Å². The Balaban J connectivity index is 1.38. The van der Waals surface area contributed by atoms with Crippen molar-refractivity contribution in [3.63, 3.8) is 0 Å². The monoisotopic (exact) mass is 566 g/mol. The summed E-state index contributed by atoms with van der Waals surface area (Å²) in [5.74, 6) is 1.62. The summed E-state index contributed by atoms with van der Waals surface area (Å²) in [5.41, 5.74) is 4.60. The molecule has 0 bridgehead atoms. The first-order valence-corrected chi connectivity index (χ1v) is 13.3. The maximum absolute atomic E-state index is 12.9. The van der Waals surface area contributed by atoms with Crippen molar-refractivity contribution in [2.45, 2.75) is 13.8 Å². The standard InChI is InChI=1S/C34H34N2O6/c1-22-12-14-31(29(16-22)35-33(37)25-8-6-10-27(18-25)39-4)41-20-24(3)21-42-32-15-13-23(2)17-30(32)36-34(38)26-9-7-11-28(19-26)40-5/h6-19H,3,20-21H2,1-2,4-5H3,(H,35,37)(H,36,38). The van der Waals surface area contributed by atoms with E-state index in [2.05, 4.69) is 17.2 Å². The molecule has 0 aromatic heterocycles. The van der Waals surface area contributed by atoms with Crippen molar-refractivity contribution >= 4 is 23.2 Å². The van der Waals surface area contributed by atoms with Gasteiger partial charge in [0.2, 0.25) is 0 Å². The molecular formula is C34H34N2O6. The summed E-state index contributed by atoms with van der Waals surface area (Å²) in [4.78, 5) is 25.8. The molecule has 216 valence electrons. The number of benzene rings is 4. The molecule has 42 heavy (non-hydrogen) atoms. The highest BCUT2D eigenvalue weighted by Gasteiger charge is 2.14. The number of rotatable bonds is 12. The molecule has 4 rings (SSSR count). The fourth-order valence-corrected chi connectivity index (χ4v) is 4.05. The summed E-state index contributed by atoms with van der Waals surface area (Å²) in [6.45, 7) is 8.26. The minimum atomic E-state index is -0.283. The van der Waals surface area contributed by atoms with Crippen molar-refractivity contribution in [3.05, 3.63) is 119 Å². The average Bonchev–Trinajstić information content (AvgIpc) is 3.00. The van der Waals surface area contributed by atoms with Gasteiger partial charge >= 0.3 is 0 Å². The molecule has 0 spiro atoms. The van der Waals surface area contributed by atoms with Crippen LogP contribution in [0.15, 0.2) is 97.1 Å². The van der Waals surface area contributed by atoms with Crippen molar-refractivity contribution in [1.29, 1.82) is 0 Å². The van der Waals surface area contributed by atoms with Gasteiger partial charge in [-0.05, 0) is 91.2 Å². The van der Waals surface area contributed by atoms with Gasteiger partial charge in [-0.3, -0.25) is 9.59 Å². The Bertz CT molecular complexity index is 1480. The Morgan fingerprint density at radius 1 is 0.643 bits per heavy atom. The van der Waals surface area contributed by atoms with E-state index in [1.54, 1.807) is 74.9 Å². The maximum atomic E-state index is 12.9. The van der Waals surface area contributed by atoms with Gasteiger partial charge in [-0.1, -0.05) is 30.8 Å². The maximum Gasteiger partial charge on any atom is 0.255 e. The molecule has 0 aliphatic heterocycles. The number of nitrogens with one attached hydrogen (secondary N) is 2. The van der Waals surface area contributed by atoms with Gasteiger partial charge in [0.15, 0.2) is 0 Å². The Morgan fingerprint density at radius 3 is 1.48 bits per heavy atom. The lowest BCUT2D eigenvalue weighted by molar-refractivity contribution is 0.101. The molecule has 8 nitrogen and oxygen atoms in total. The summed E-state index contributed by atoms with van der Waals surface area (Å²) >= 11 is 0. The van der Waals surface area contributed by atoms with Crippen LogP contribution in [0.5, 0.6) is 23.0 Å². The zero-order valence-electron chi connectivity index (χ0n) is 24.2. The average molecular weight is 567 g/mol. The molecular weight excluding hydrogens is 532 g/mol. The number of methoxy groups -OCH3 is 2. The van der Waals surface area contributed by atoms with E-state index in [-0.39, 0.29) is 25.0 Å². The minimum absolute atomic E-state index is 0.155. The molecule has 8 heteroatoms. The van der Waals surface area contributed by atoms with Crippen LogP contribution in [0.25, 0.3) is 0 Å². The van der Waals surface area contributed by atoms with Gasteiger partial charge < -0.3 is 29.6 Å². The second-order valence-corrected chi connectivity index (χ2v) is 9.70. The molecule has 0 radical (unpaired) electrons. The van der Waals surface area contributed by atoms with Crippen LogP contribution in [-0.4, -0.2) is 39.2 Å². The highest BCUT2D eigenvalue weighted by Crippen LogP contribution is 2.29. The Hall–Kier alpha value is -5.24. The number of hydrogen-bond acceptors (Lipinski definition) is 6. The Labute approximate surface area is 245 Å². The fraction of sp³-hybridized carbons (Fsp3) is 0.176. The van der Waals surface area contributed by atoms with E-state index in [4.69, 9.17) is 18.9 Å². The molecule has 2 amide bonds. The molecule has 4 aromatic carbocycles. The van der Waals surface area contributed by atoms with Crippen molar-refractivity contribution in [3.8, 4) is 23.0 Å². The molecule has 0 heterocycles. The van der Waals surface area contributed by atoms with Gasteiger partial charge in [-0.2, -0.15) is 0 Å². The molecule has 2 N–H and O–H groups in total. The second kappa shape index (κ2) is 13.9. The highest BCUT2D eigenvalue weighted by molar-refractivity contribution is 6.06. The van der Waals surface area contributed by atoms with Gasteiger partial charge in [0.05, 0.1) is 25.6 Å². The molecule has 0 fully saturated rings. The largest absolute Gasteiger partial charge is 0.497 e. The summed E-state index contributed by atoms with van der Waals surface area (Å²) < 4.78 is 22.5. The third kappa shape index (κ3) is 7.91. The first-order chi connectivity index (χ1) is 20.2. The number of amides is 2. The first-order valence-electron chi connectivity index (χ1n) is 13.3. The van der Waals surface area contributed by atoms with Gasteiger partial charge in [-0.25, -0.2) is 0 Å². The van der Waals surface area contributed by atoms with Crippen molar-refractivity contribution in [1.82, 2.24) is 0 Å². The van der Waals surface area contributed by atoms with E-state index in [9.17, 15) is 9.59 Å². The summed E-state index contributed by atoms with van der Waals surface area (Å²) in [6, 6.07) is 24.9. The SMILES string of the molecule is C=C(COc1ccc(C)cc1NC(=O)c1cccc(OC)c1)COc1ccc(C)cc1NC(=O)c1cccc(OC)c1. The van der Waals surface area contributed by atoms with Crippen molar-refractivity contribution in [2.24, 2.45) is 0 Å². The van der Waals surface area contributed by atoms with Crippen LogP contribution in [-0.2, 0) is 0 Å². The summed E-state index contributed by atoms with van der Waals surface area (Å²) in [6.07, 6.45) is 0. The zero-order chi connectivity index (χ0) is 30.1. The molecule has 0 aliphatic rings. The van der Waals surface area contributed by atoms with Crippen LogP contribution in [0, 0.1) is 13.8 Å². The van der Waals surface area contributed by atoms with Crippen LogP contribution >= 0.6 is 0 Å². The molecule has 0 saturated carbocycles. The van der Waals surface area contributed by atoms with E-state index in [1.165, 1.54) is 0 Å². The number of carbonyl (C=O) groups is 2. The lowest BCUT2D eigenvalue weighted by Crippen LogP contribution is -2.15. The number of carbonyl (C=O) groups excluding carboxylic acids is 2. The minimum Gasteiger partial charge on any atom is -0.497 e. The second-order valence-electron chi connectivity index (χ2n) is 9.70. The number of ether oxygens (including phenoxy) is 4. The highest BCUT2D eigenvalue weighted by atomic mass is 16.5. The predicted molar refractivity (Wildman–Crippen MR) is 164 cm³/mol. The summed E-state index contributed by atoms with van der Waals surface area (Å²) in [5, 5.41) is 5.85. The number of aryl methyl sites for hydroxylation is 2. The molecule has 0 saturated heterocycles. The lowest BCUT2D eigenvalue weighted by Gasteiger charge is -2.16. The number of hydrogen-bond donors (Lipinski definition) is 2. The van der Waals surface area contributed by atoms with E-state index >= 15 is 0 Å². The number of anilines is 2.